The van der Waals surface area contributed by atoms with Crippen molar-refractivity contribution < 1.29 is 14.7 Å². The average Bonchev–Trinajstić information content (AvgIpc) is 2.45. The molecular formula is C17H26N2O3. The van der Waals surface area contributed by atoms with Crippen LogP contribution in [0.2, 0.25) is 0 Å². The number of hydrogen-bond acceptors (Lipinski definition) is 3. The lowest BCUT2D eigenvalue weighted by Crippen LogP contribution is -2.57. The van der Waals surface area contributed by atoms with Crippen LogP contribution >= 0.6 is 0 Å². The van der Waals surface area contributed by atoms with Crippen LogP contribution in [0.1, 0.15) is 34.1 Å². The van der Waals surface area contributed by atoms with Gasteiger partial charge in [-0.1, -0.05) is 32.0 Å². The number of hydrogen-bond donors (Lipinski definition) is 2. The number of anilines is 1. The van der Waals surface area contributed by atoms with Crippen molar-refractivity contribution in [2.45, 2.75) is 45.7 Å². The van der Waals surface area contributed by atoms with E-state index >= 15 is 0 Å². The van der Waals surface area contributed by atoms with Gasteiger partial charge in [0, 0.05) is 12.7 Å². The lowest BCUT2D eigenvalue weighted by molar-refractivity contribution is -0.143. The van der Waals surface area contributed by atoms with Crippen LogP contribution in [0.25, 0.3) is 0 Å². The minimum Gasteiger partial charge on any atom is -0.480 e. The van der Waals surface area contributed by atoms with E-state index in [-0.39, 0.29) is 11.8 Å². The monoisotopic (exact) mass is 306 g/mol. The molecular weight excluding hydrogens is 280 g/mol. The molecule has 1 aromatic carbocycles. The summed E-state index contributed by atoms with van der Waals surface area (Å²) in [5.41, 5.74) is 0.0462. The SMILES string of the molecule is CC(C)CC(NC(=O)C(C)(C)N(C)c1ccccc1)C(=O)O. The van der Waals surface area contributed by atoms with Gasteiger partial charge in [-0.25, -0.2) is 4.79 Å². The molecule has 0 aliphatic heterocycles. The molecule has 5 nitrogen and oxygen atoms in total. The van der Waals surface area contributed by atoms with Crippen LogP contribution in [0, 0.1) is 5.92 Å². The van der Waals surface area contributed by atoms with Crippen molar-refractivity contribution in [1.82, 2.24) is 5.32 Å². The van der Waals surface area contributed by atoms with Gasteiger partial charge in [-0.15, -0.1) is 0 Å². The Balaban J connectivity index is 2.87. The zero-order valence-electron chi connectivity index (χ0n) is 14.0. The Kier molecular flexibility index (Phi) is 5.97. The number of benzene rings is 1. The second-order valence-electron chi connectivity index (χ2n) is 6.45. The molecule has 0 bridgehead atoms. The first-order chi connectivity index (χ1) is 10.2. The summed E-state index contributed by atoms with van der Waals surface area (Å²) in [6, 6.07) is 8.68. The van der Waals surface area contributed by atoms with Crippen molar-refractivity contribution in [3.05, 3.63) is 30.3 Å². The first kappa shape index (κ1) is 18.0. The van der Waals surface area contributed by atoms with Gasteiger partial charge in [-0.05, 0) is 38.3 Å². The number of carboxylic acids is 1. The number of likely N-dealkylation sites (N-methyl/N-ethyl adjacent to an activating group) is 1. The molecule has 0 fully saturated rings. The van der Waals surface area contributed by atoms with Gasteiger partial charge in [0.15, 0.2) is 0 Å². The van der Waals surface area contributed by atoms with Gasteiger partial charge in [0.2, 0.25) is 5.91 Å². The van der Waals surface area contributed by atoms with Gasteiger partial charge in [0.05, 0.1) is 0 Å². The molecule has 5 heteroatoms. The molecule has 1 aromatic rings. The highest BCUT2D eigenvalue weighted by molar-refractivity contribution is 5.92. The standard InChI is InChI=1S/C17H26N2O3/c1-12(2)11-14(15(20)21)18-16(22)17(3,4)19(5)13-9-7-6-8-10-13/h6-10,12,14H,11H2,1-5H3,(H,18,22)(H,20,21). The molecule has 0 aromatic heterocycles. The Labute approximate surface area is 132 Å². The van der Waals surface area contributed by atoms with E-state index in [1.165, 1.54) is 0 Å². The summed E-state index contributed by atoms with van der Waals surface area (Å²) in [4.78, 5) is 25.7. The number of carboxylic acid groups (broad SMARTS) is 1. The van der Waals surface area contributed by atoms with Crippen LogP contribution < -0.4 is 10.2 Å². The number of aliphatic carboxylic acids is 1. The second-order valence-corrected chi connectivity index (χ2v) is 6.45. The van der Waals surface area contributed by atoms with Crippen molar-refractivity contribution in [2.24, 2.45) is 5.92 Å². The topological polar surface area (TPSA) is 69.6 Å². The normalized spacial score (nSPS) is 12.8. The number of carbonyl (C=O) groups excluding carboxylic acids is 1. The van der Waals surface area contributed by atoms with Crippen molar-refractivity contribution >= 4 is 17.6 Å². The summed E-state index contributed by atoms with van der Waals surface area (Å²) in [5.74, 6) is -1.11. The van der Waals surface area contributed by atoms with Crippen LogP contribution in [0.4, 0.5) is 5.69 Å². The third kappa shape index (κ3) is 4.48. The maximum absolute atomic E-state index is 12.6. The fourth-order valence-corrected chi connectivity index (χ4v) is 2.15. The molecule has 0 heterocycles. The number of carbonyl (C=O) groups is 2. The molecule has 0 spiro atoms. The van der Waals surface area contributed by atoms with Crippen molar-refractivity contribution in [1.29, 1.82) is 0 Å². The van der Waals surface area contributed by atoms with Gasteiger partial charge >= 0.3 is 5.97 Å². The van der Waals surface area contributed by atoms with Gasteiger partial charge in [0.1, 0.15) is 11.6 Å². The van der Waals surface area contributed by atoms with Crippen molar-refractivity contribution in [3.63, 3.8) is 0 Å². The highest BCUT2D eigenvalue weighted by atomic mass is 16.4. The summed E-state index contributed by atoms with van der Waals surface area (Å²) < 4.78 is 0. The van der Waals surface area contributed by atoms with Crippen molar-refractivity contribution in [2.75, 3.05) is 11.9 Å². The molecule has 2 N–H and O–H groups in total. The van der Waals surface area contributed by atoms with Crippen LogP contribution in [0.15, 0.2) is 30.3 Å². The van der Waals surface area contributed by atoms with Gasteiger partial charge in [-0.2, -0.15) is 0 Å². The molecule has 1 rings (SSSR count). The number of amides is 1. The van der Waals surface area contributed by atoms with E-state index < -0.39 is 17.6 Å². The fourth-order valence-electron chi connectivity index (χ4n) is 2.15. The maximum atomic E-state index is 12.6. The predicted molar refractivity (Wildman–Crippen MR) is 87.9 cm³/mol. The molecule has 0 aliphatic rings. The molecule has 1 unspecified atom stereocenters. The van der Waals surface area contributed by atoms with Crippen LogP contribution in [0.5, 0.6) is 0 Å². The lowest BCUT2D eigenvalue weighted by Gasteiger charge is -2.37. The summed E-state index contributed by atoms with van der Waals surface area (Å²) in [7, 11) is 1.83. The maximum Gasteiger partial charge on any atom is 0.326 e. The zero-order chi connectivity index (χ0) is 16.9. The summed E-state index contributed by atoms with van der Waals surface area (Å²) >= 11 is 0. The van der Waals surface area contributed by atoms with E-state index in [9.17, 15) is 14.7 Å². The minimum absolute atomic E-state index is 0.191. The molecule has 0 radical (unpaired) electrons. The number of nitrogens with one attached hydrogen (secondary N) is 1. The van der Waals surface area contributed by atoms with E-state index in [0.29, 0.717) is 6.42 Å². The zero-order valence-corrected chi connectivity index (χ0v) is 14.0. The Morgan fingerprint density at radius 3 is 2.23 bits per heavy atom. The van der Waals surface area contributed by atoms with E-state index in [0.717, 1.165) is 5.69 Å². The second kappa shape index (κ2) is 7.29. The predicted octanol–water partition coefficient (Wildman–Crippen LogP) is 2.52. The van der Waals surface area contributed by atoms with Crippen LogP contribution in [-0.2, 0) is 9.59 Å². The Hall–Kier alpha value is -2.04. The fraction of sp³-hybridized carbons (Fsp3) is 0.529. The molecule has 1 amide bonds. The molecule has 0 aliphatic carbocycles. The molecule has 0 saturated carbocycles. The smallest absolute Gasteiger partial charge is 0.326 e. The van der Waals surface area contributed by atoms with Gasteiger partial charge in [-0.3, -0.25) is 4.79 Å². The third-order valence-electron chi connectivity index (χ3n) is 3.85. The lowest BCUT2D eigenvalue weighted by atomic mass is 9.98. The van der Waals surface area contributed by atoms with E-state index in [4.69, 9.17) is 0 Å². The molecule has 0 saturated heterocycles. The minimum atomic E-state index is -1.000. The Morgan fingerprint density at radius 1 is 1.23 bits per heavy atom. The Morgan fingerprint density at radius 2 is 1.77 bits per heavy atom. The van der Waals surface area contributed by atoms with E-state index in [1.807, 2.05) is 56.1 Å². The number of nitrogens with zero attached hydrogens (tertiary/aromatic N) is 1. The average molecular weight is 306 g/mol. The summed E-state index contributed by atoms with van der Waals surface area (Å²) in [5, 5.41) is 11.9. The van der Waals surface area contributed by atoms with Crippen molar-refractivity contribution in [3.8, 4) is 0 Å². The number of para-hydroxylation sites is 1. The summed E-state index contributed by atoms with van der Waals surface area (Å²) in [6.07, 6.45) is 0.409. The van der Waals surface area contributed by atoms with E-state index in [1.54, 1.807) is 13.8 Å². The third-order valence-corrected chi connectivity index (χ3v) is 3.85. The first-order valence-electron chi connectivity index (χ1n) is 7.49. The van der Waals surface area contributed by atoms with Crippen LogP contribution in [-0.4, -0.2) is 35.6 Å². The first-order valence-corrected chi connectivity index (χ1v) is 7.49. The highest BCUT2D eigenvalue weighted by Crippen LogP contribution is 2.22. The Bertz CT molecular complexity index is 512. The largest absolute Gasteiger partial charge is 0.480 e. The molecule has 122 valence electrons. The quantitative estimate of drug-likeness (QED) is 0.812. The summed E-state index contributed by atoms with van der Waals surface area (Å²) in [6.45, 7) is 7.43. The van der Waals surface area contributed by atoms with Gasteiger partial charge in [0.25, 0.3) is 0 Å². The highest BCUT2D eigenvalue weighted by Gasteiger charge is 2.35. The van der Waals surface area contributed by atoms with Gasteiger partial charge < -0.3 is 15.3 Å². The van der Waals surface area contributed by atoms with Crippen LogP contribution in [0.3, 0.4) is 0 Å². The molecule has 1 atom stereocenters. The molecule has 22 heavy (non-hydrogen) atoms. The number of rotatable bonds is 7. The van der Waals surface area contributed by atoms with E-state index in [2.05, 4.69) is 5.32 Å².